The zero-order chi connectivity index (χ0) is 9.03. The van der Waals surface area contributed by atoms with Crippen LogP contribution in [-0.4, -0.2) is 15.2 Å². The van der Waals surface area contributed by atoms with Crippen molar-refractivity contribution in [3.05, 3.63) is 30.3 Å². The molecule has 0 aliphatic rings. The van der Waals surface area contributed by atoms with Crippen LogP contribution in [0.3, 0.4) is 0 Å². The minimum Gasteiger partial charge on any atom is -0.233 e. The summed E-state index contributed by atoms with van der Waals surface area (Å²) < 4.78 is 35.6. The normalized spacial score (nSPS) is 11.4. The van der Waals surface area contributed by atoms with Gasteiger partial charge in [-0.15, -0.1) is 0 Å². The summed E-state index contributed by atoms with van der Waals surface area (Å²) >= 11 is 0. The van der Waals surface area contributed by atoms with Crippen molar-refractivity contribution in [2.24, 2.45) is 0 Å². The lowest BCUT2D eigenvalue weighted by atomic mass is 10.4. The van der Waals surface area contributed by atoms with E-state index in [4.69, 9.17) is 0 Å². The molecule has 0 heterocycles. The number of hydrogen-bond acceptors (Lipinski definition) is 2. The van der Waals surface area contributed by atoms with Crippen LogP contribution in [0.25, 0.3) is 0 Å². The van der Waals surface area contributed by atoms with Gasteiger partial charge in [0.25, 0.3) is 0 Å². The summed E-state index contributed by atoms with van der Waals surface area (Å²) in [6.07, 6.45) is 0. The lowest BCUT2D eigenvalue weighted by Crippen LogP contribution is -2.22. The average molecular weight is 189 g/mol. The Balaban J connectivity index is 2.99. The fraction of sp³-hybridized carbons (Fsp3) is 0.143. The number of sulfonamides is 1. The Bertz CT molecular complexity index is 336. The minimum atomic E-state index is -3.64. The molecule has 0 aliphatic carbocycles. The van der Waals surface area contributed by atoms with Crippen molar-refractivity contribution in [1.29, 1.82) is 0 Å². The van der Waals surface area contributed by atoms with Crippen LogP contribution in [0.15, 0.2) is 35.2 Å². The van der Waals surface area contributed by atoms with Gasteiger partial charge in [-0.05, 0) is 12.1 Å². The molecule has 0 aliphatic heterocycles. The van der Waals surface area contributed by atoms with Crippen molar-refractivity contribution < 1.29 is 12.8 Å². The summed E-state index contributed by atoms with van der Waals surface area (Å²) in [5.74, 6) is 0. The molecule has 0 amide bonds. The van der Waals surface area contributed by atoms with Crippen LogP contribution < -0.4 is 4.72 Å². The Hall–Kier alpha value is -0.940. The highest BCUT2D eigenvalue weighted by Gasteiger charge is 2.11. The molecule has 0 saturated carbocycles. The lowest BCUT2D eigenvalue weighted by Gasteiger charge is -2.01. The van der Waals surface area contributed by atoms with Gasteiger partial charge in [0, 0.05) is 0 Å². The molecule has 1 aromatic rings. The SMILES string of the molecule is O=S(=O)(NCF)c1ccccc1. The first-order valence-electron chi connectivity index (χ1n) is 3.27. The van der Waals surface area contributed by atoms with Crippen molar-refractivity contribution in [3.63, 3.8) is 0 Å². The van der Waals surface area contributed by atoms with Crippen LogP contribution in [-0.2, 0) is 10.0 Å². The molecule has 0 radical (unpaired) electrons. The molecule has 66 valence electrons. The van der Waals surface area contributed by atoms with E-state index in [0.717, 1.165) is 0 Å². The zero-order valence-corrected chi connectivity index (χ0v) is 7.01. The molecule has 0 unspecified atom stereocenters. The third-order valence-electron chi connectivity index (χ3n) is 1.30. The van der Waals surface area contributed by atoms with E-state index in [-0.39, 0.29) is 4.90 Å². The fourth-order valence-corrected chi connectivity index (χ4v) is 1.58. The molecule has 1 N–H and O–H groups in total. The Morgan fingerprint density at radius 2 is 1.83 bits per heavy atom. The van der Waals surface area contributed by atoms with Crippen LogP contribution in [0.4, 0.5) is 4.39 Å². The highest BCUT2D eigenvalue weighted by molar-refractivity contribution is 7.89. The minimum absolute atomic E-state index is 0.0719. The highest BCUT2D eigenvalue weighted by Crippen LogP contribution is 2.06. The van der Waals surface area contributed by atoms with Gasteiger partial charge in [0.05, 0.1) is 4.90 Å². The van der Waals surface area contributed by atoms with Crippen molar-refractivity contribution in [1.82, 2.24) is 4.72 Å². The first-order chi connectivity index (χ1) is 5.67. The Morgan fingerprint density at radius 3 is 2.33 bits per heavy atom. The number of benzene rings is 1. The maximum absolute atomic E-state index is 11.7. The van der Waals surface area contributed by atoms with Crippen molar-refractivity contribution in [2.75, 3.05) is 6.80 Å². The predicted octanol–water partition coefficient (Wildman–Crippen LogP) is 0.892. The van der Waals surface area contributed by atoms with Gasteiger partial charge in [-0.25, -0.2) is 12.8 Å². The number of halogens is 1. The molecular formula is C7H8FNO2S. The van der Waals surface area contributed by atoms with E-state index < -0.39 is 16.8 Å². The maximum atomic E-state index is 11.7. The molecule has 0 bridgehead atoms. The maximum Gasteiger partial charge on any atom is 0.242 e. The first-order valence-corrected chi connectivity index (χ1v) is 4.76. The van der Waals surface area contributed by atoms with Gasteiger partial charge in [0.2, 0.25) is 10.0 Å². The number of hydrogen-bond donors (Lipinski definition) is 1. The van der Waals surface area contributed by atoms with E-state index >= 15 is 0 Å². The zero-order valence-electron chi connectivity index (χ0n) is 6.20. The Labute approximate surface area is 70.3 Å². The Morgan fingerprint density at radius 1 is 1.25 bits per heavy atom. The Kier molecular flexibility index (Phi) is 2.78. The van der Waals surface area contributed by atoms with Crippen molar-refractivity contribution in [2.45, 2.75) is 4.90 Å². The number of rotatable bonds is 3. The molecule has 3 nitrogen and oxygen atoms in total. The molecule has 0 aromatic heterocycles. The van der Waals surface area contributed by atoms with Crippen LogP contribution in [0.5, 0.6) is 0 Å². The summed E-state index contributed by atoms with van der Waals surface area (Å²) in [6.45, 7) is -1.09. The molecule has 0 fully saturated rings. The van der Waals surface area contributed by atoms with Gasteiger partial charge >= 0.3 is 0 Å². The van der Waals surface area contributed by atoms with E-state index in [1.165, 1.54) is 12.1 Å². The molecule has 1 rings (SSSR count). The van der Waals surface area contributed by atoms with E-state index in [1.54, 1.807) is 22.9 Å². The lowest BCUT2D eigenvalue weighted by molar-refractivity contribution is 0.469. The van der Waals surface area contributed by atoms with Crippen LogP contribution in [0, 0.1) is 0 Å². The highest BCUT2D eigenvalue weighted by atomic mass is 32.2. The van der Waals surface area contributed by atoms with Crippen LogP contribution in [0.1, 0.15) is 0 Å². The quantitative estimate of drug-likeness (QED) is 0.718. The van der Waals surface area contributed by atoms with E-state index in [9.17, 15) is 12.8 Å². The smallest absolute Gasteiger partial charge is 0.233 e. The third-order valence-corrected chi connectivity index (χ3v) is 2.68. The number of nitrogens with one attached hydrogen (secondary N) is 1. The van der Waals surface area contributed by atoms with Crippen molar-refractivity contribution in [3.8, 4) is 0 Å². The molecule has 1 aromatic carbocycles. The molecule has 5 heteroatoms. The third kappa shape index (κ3) is 2.02. The van der Waals surface area contributed by atoms with E-state index in [1.807, 2.05) is 0 Å². The average Bonchev–Trinajstić information content (AvgIpc) is 2.06. The second kappa shape index (κ2) is 3.64. The second-order valence-electron chi connectivity index (χ2n) is 2.09. The van der Waals surface area contributed by atoms with Gasteiger partial charge < -0.3 is 0 Å². The summed E-state index contributed by atoms with van der Waals surface area (Å²) in [5, 5.41) is 0. The molecule has 12 heavy (non-hydrogen) atoms. The van der Waals surface area contributed by atoms with Crippen molar-refractivity contribution >= 4 is 10.0 Å². The predicted molar refractivity (Wildman–Crippen MR) is 42.7 cm³/mol. The first kappa shape index (κ1) is 9.15. The largest absolute Gasteiger partial charge is 0.242 e. The molecule has 0 saturated heterocycles. The number of alkyl halides is 1. The molecule has 0 spiro atoms. The summed E-state index contributed by atoms with van der Waals surface area (Å²) in [4.78, 5) is 0.0719. The summed E-state index contributed by atoms with van der Waals surface area (Å²) in [5.41, 5.74) is 0. The molecular weight excluding hydrogens is 181 g/mol. The van der Waals surface area contributed by atoms with Gasteiger partial charge in [-0.1, -0.05) is 18.2 Å². The van der Waals surface area contributed by atoms with E-state index in [0.29, 0.717) is 0 Å². The van der Waals surface area contributed by atoms with Gasteiger partial charge in [0.1, 0.15) is 0 Å². The summed E-state index contributed by atoms with van der Waals surface area (Å²) in [7, 11) is -3.64. The van der Waals surface area contributed by atoms with Gasteiger partial charge in [0.15, 0.2) is 6.80 Å². The monoisotopic (exact) mass is 189 g/mol. The fourth-order valence-electron chi connectivity index (χ4n) is 0.755. The second-order valence-corrected chi connectivity index (χ2v) is 3.86. The topological polar surface area (TPSA) is 46.2 Å². The van der Waals surface area contributed by atoms with E-state index in [2.05, 4.69) is 0 Å². The standard InChI is InChI=1S/C7H8FNO2S/c8-6-9-12(10,11)7-4-2-1-3-5-7/h1-5,9H,6H2. The summed E-state index contributed by atoms with van der Waals surface area (Å²) in [6, 6.07) is 7.64. The van der Waals surface area contributed by atoms with Crippen LogP contribution >= 0.6 is 0 Å². The van der Waals surface area contributed by atoms with Crippen LogP contribution in [0.2, 0.25) is 0 Å². The molecule has 0 atom stereocenters. The van der Waals surface area contributed by atoms with Gasteiger partial charge in [-0.2, -0.15) is 4.72 Å². The van der Waals surface area contributed by atoms with Gasteiger partial charge in [-0.3, -0.25) is 0 Å².